The Morgan fingerprint density at radius 3 is 2.72 bits per heavy atom. The third kappa shape index (κ3) is 3.45. The average Bonchev–Trinajstić information content (AvgIpc) is 2.29. The number of hydrogen-bond acceptors (Lipinski definition) is 3. The molecule has 1 aromatic carbocycles. The van der Waals surface area contributed by atoms with Gasteiger partial charge in [-0.3, -0.25) is 0 Å². The number of halogens is 1. The van der Waals surface area contributed by atoms with Crippen LogP contribution in [0, 0.1) is 24.6 Å². The molecule has 0 aliphatic heterocycles. The van der Waals surface area contributed by atoms with Crippen molar-refractivity contribution in [3.8, 4) is 11.8 Å². The van der Waals surface area contributed by atoms with Crippen LogP contribution in [0.2, 0.25) is 0 Å². The van der Waals surface area contributed by atoms with Crippen molar-refractivity contribution in [2.24, 2.45) is 0 Å². The molecule has 1 rings (SSSR count). The SMILES string of the molecule is CC#CCCNS(=O)(=O)c1cc(N)cc(F)c1C. The highest BCUT2D eigenvalue weighted by atomic mass is 32.2. The average molecular weight is 270 g/mol. The molecular formula is C12H15FN2O2S. The second-order valence-electron chi connectivity index (χ2n) is 3.70. The van der Waals surface area contributed by atoms with Crippen molar-refractivity contribution in [2.45, 2.75) is 25.2 Å². The Hall–Kier alpha value is -1.58. The molecule has 0 radical (unpaired) electrons. The predicted octanol–water partition coefficient (Wildman–Crippen LogP) is 1.41. The van der Waals surface area contributed by atoms with Crippen LogP contribution in [0.25, 0.3) is 0 Å². The largest absolute Gasteiger partial charge is 0.399 e. The van der Waals surface area contributed by atoms with Gasteiger partial charge in [0.05, 0.1) is 4.90 Å². The van der Waals surface area contributed by atoms with Crippen molar-refractivity contribution in [1.82, 2.24) is 4.72 Å². The molecule has 0 saturated carbocycles. The minimum absolute atomic E-state index is 0.0540. The van der Waals surface area contributed by atoms with Crippen molar-refractivity contribution < 1.29 is 12.8 Å². The molecule has 0 saturated heterocycles. The third-order valence-electron chi connectivity index (χ3n) is 2.33. The van der Waals surface area contributed by atoms with Gasteiger partial charge in [-0.25, -0.2) is 17.5 Å². The van der Waals surface area contributed by atoms with E-state index < -0.39 is 15.8 Å². The number of hydrogen-bond donors (Lipinski definition) is 2. The fourth-order valence-corrected chi connectivity index (χ4v) is 2.72. The standard InChI is InChI=1S/C12H15FN2O2S/c1-3-4-5-6-15-18(16,17)12-8-10(14)7-11(13)9(12)2/h7-8,15H,5-6,14H2,1-2H3. The van der Waals surface area contributed by atoms with Gasteiger partial charge in [0.1, 0.15) is 5.82 Å². The van der Waals surface area contributed by atoms with Gasteiger partial charge >= 0.3 is 0 Å². The van der Waals surface area contributed by atoms with E-state index in [2.05, 4.69) is 16.6 Å². The first-order chi connectivity index (χ1) is 8.38. The Labute approximate surface area is 106 Å². The van der Waals surface area contributed by atoms with E-state index in [4.69, 9.17) is 5.73 Å². The van der Waals surface area contributed by atoms with Gasteiger partial charge in [-0.2, -0.15) is 0 Å². The van der Waals surface area contributed by atoms with Gasteiger partial charge in [-0.15, -0.1) is 11.8 Å². The Bertz CT molecular complexity index is 600. The van der Waals surface area contributed by atoms with E-state index in [0.717, 1.165) is 6.07 Å². The summed E-state index contributed by atoms with van der Waals surface area (Å²) in [7, 11) is -3.75. The van der Waals surface area contributed by atoms with E-state index in [1.54, 1.807) is 6.92 Å². The lowest BCUT2D eigenvalue weighted by molar-refractivity contribution is 0.575. The smallest absolute Gasteiger partial charge is 0.241 e. The molecule has 0 aliphatic carbocycles. The van der Waals surface area contributed by atoms with Crippen molar-refractivity contribution in [3.63, 3.8) is 0 Å². The topological polar surface area (TPSA) is 72.2 Å². The fraction of sp³-hybridized carbons (Fsp3) is 0.333. The lowest BCUT2D eigenvalue weighted by Crippen LogP contribution is -2.25. The van der Waals surface area contributed by atoms with Crippen LogP contribution >= 0.6 is 0 Å². The van der Waals surface area contributed by atoms with Gasteiger partial charge in [0.25, 0.3) is 0 Å². The fourth-order valence-electron chi connectivity index (χ4n) is 1.40. The zero-order chi connectivity index (χ0) is 13.8. The van der Waals surface area contributed by atoms with Crippen LogP contribution in [0.5, 0.6) is 0 Å². The molecule has 0 fully saturated rings. The van der Waals surface area contributed by atoms with E-state index in [-0.39, 0.29) is 22.7 Å². The maximum atomic E-state index is 13.4. The van der Waals surface area contributed by atoms with Crippen LogP contribution in [0.3, 0.4) is 0 Å². The van der Waals surface area contributed by atoms with Crippen LogP contribution in [0.1, 0.15) is 18.9 Å². The molecule has 0 spiro atoms. The van der Waals surface area contributed by atoms with Gasteiger partial charge in [0.2, 0.25) is 10.0 Å². The number of nitrogens with two attached hydrogens (primary N) is 1. The van der Waals surface area contributed by atoms with E-state index in [1.807, 2.05) is 0 Å². The Kier molecular flexibility index (Phi) is 4.70. The van der Waals surface area contributed by atoms with Crippen LogP contribution in [0.4, 0.5) is 10.1 Å². The molecule has 18 heavy (non-hydrogen) atoms. The molecule has 0 unspecified atom stereocenters. The summed E-state index contributed by atoms with van der Waals surface area (Å²) in [4.78, 5) is -0.135. The van der Waals surface area contributed by atoms with Crippen LogP contribution in [0.15, 0.2) is 17.0 Å². The highest BCUT2D eigenvalue weighted by Crippen LogP contribution is 2.21. The summed E-state index contributed by atoms with van der Waals surface area (Å²) in [5.41, 5.74) is 5.58. The van der Waals surface area contributed by atoms with Gasteiger partial charge in [-0.05, 0) is 26.0 Å². The molecule has 0 atom stereocenters. The van der Waals surface area contributed by atoms with Crippen LogP contribution < -0.4 is 10.5 Å². The molecule has 6 heteroatoms. The maximum absolute atomic E-state index is 13.4. The zero-order valence-electron chi connectivity index (χ0n) is 10.2. The molecule has 4 nitrogen and oxygen atoms in total. The molecule has 0 amide bonds. The number of nitrogen functional groups attached to an aromatic ring is 1. The Morgan fingerprint density at radius 1 is 1.44 bits per heavy atom. The van der Waals surface area contributed by atoms with Crippen LogP contribution in [-0.2, 0) is 10.0 Å². The van der Waals surface area contributed by atoms with Gasteiger partial charge in [-0.1, -0.05) is 0 Å². The summed E-state index contributed by atoms with van der Waals surface area (Å²) in [5, 5.41) is 0. The molecular weight excluding hydrogens is 255 g/mol. The Morgan fingerprint density at radius 2 is 2.11 bits per heavy atom. The normalized spacial score (nSPS) is 10.8. The molecule has 0 heterocycles. The minimum atomic E-state index is -3.75. The predicted molar refractivity (Wildman–Crippen MR) is 68.8 cm³/mol. The summed E-state index contributed by atoms with van der Waals surface area (Å²) in [6, 6.07) is 2.34. The van der Waals surface area contributed by atoms with Crippen LogP contribution in [-0.4, -0.2) is 15.0 Å². The first-order valence-electron chi connectivity index (χ1n) is 5.33. The molecule has 3 N–H and O–H groups in total. The van der Waals surface area contributed by atoms with Crippen molar-refractivity contribution in [1.29, 1.82) is 0 Å². The summed E-state index contributed by atoms with van der Waals surface area (Å²) in [6.45, 7) is 3.25. The van der Waals surface area contributed by atoms with Crippen molar-refractivity contribution in [2.75, 3.05) is 12.3 Å². The molecule has 0 aliphatic rings. The molecule has 0 aromatic heterocycles. The van der Waals surface area contributed by atoms with Gasteiger partial charge < -0.3 is 5.73 Å². The lowest BCUT2D eigenvalue weighted by atomic mass is 10.2. The summed E-state index contributed by atoms with van der Waals surface area (Å²) >= 11 is 0. The summed E-state index contributed by atoms with van der Waals surface area (Å²) in [5.74, 6) is 4.76. The summed E-state index contributed by atoms with van der Waals surface area (Å²) < 4.78 is 39.6. The number of nitrogens with one attached hydrogen (secondary N) is 1. The van der Waals surface area contributed by atoms with Crippen molar-refractivity contribution in [3.05, 3.63) is 23.5 Å². The number of anilines is 1. The Balaban J connectivity index is 3.00. The first-order valence-corrected chi connectivity index (χ1v) is 6.81. The molecule has 0 bridgehead atoms. The lowest BCUT2D eigenvalue weighted by Gasteiger charge is -2.10. The van der Waals surface area contributed by atoms with Gasteiger partial charge in [0.15, 0.2) is 0 Å². The summed E-state index contributed by atoms with van der Waals surface area (Å²) in [6.07, 6.45) is 0.402. The maximum Gasteiger partial charge on any atom is 0.241 e. The zero-order valence-corrected chi connectivity index (χ0v) is 11.1. The van der Waals surface area contributed by atoms with E-state index >= 15 is 0 Å². The molecule has 1 aromatic rings. The highest BCUT2D eigenvalue weighted by molar-refractivity contribution is 7.89. The van der Waals surface area contributed by atoms with Gasteiger partial charge in [0, 0.05) is 24.2 Å². The van der Waals surface area contributed by atoms with E-state index in [9.17, 15) is 12.8 Å². The number of benzene rings is 1. The first kappa shape index (κ1) is 14.5. The molecule has 98 valence electrons. The number of sulfonamides is 1. The van der Waals surface area contributed by atoms with Crippen molar-refractivity contribution >= 4 is 15.7 Å². The second kappa shape index (κ2) is 5.85. The number of rotatable bonds is 4. The second-order valence-corrected chi connectivity index (χ2v) is 5.44. The minimum Gasteiger partial charge on any atom is -0.399 e. The third-order valence-corrected chi connectivity index (χ3v) is 3.91. The quantitative estimate of drug-likeness (QED) is 0.493. The van der Waals surface area contributed by atoms with E-state index in [0.29, 0.717) is 6.42 Å². The van der Waals surface area contributed by atoms with E-state index in [1.165, 1.54) is 13.0 Å². The monoisotopic (exact) mass is 270 g/mol. The highest BCUT2D eigenvalue weighted by Gasteiger charge is 2.19.